The summed E-state index contributed by atoms with van der Waals surface area (Å²) < 4.78 is 22.5. The number of rotatable bonds is 3. The van der Waals surface area contributed by atoms with Crippen molar-refractivity contribution in [2.75, 3.05) is 6.26 Å². The molecular formula is C8H9ClN2O3S. The maximum atomic E-state index is 11.3. The van der Waals surface area contributed by atoms with E-state index in [2.05, 4.69) is 4.98 Å². The van der Waals surface area contributed by atoms with E-state index in [1.165, 1.54) is 12.3 Å². The van der Waals surface area contributed by atoms with E-state index < -0.39 is 15.7 Å². The zero-order valence-electron chi connectivity index (χ0n) is 7.90. The molecule has 5 nitrogen and oxygen atoms in total. The minimum absolute atomic E-state index is 0.0628. The number of nitrogens with two attached hydrogens (primary N) is 1. The predicted molar refractivity (Wildman–Crippen MR) is 55.3 cm³/mol. The summed E-state index contributed by atoms with van der Waals surface area (Å²) in [6, 6.07) is 1.30. The molecule has 0 fully saturated rings. The van der Waals surface area contributed by atoms with Gasteiger partial charge in [-0.05, 0) is 11.6 Å². The van der Waals surface area contributed by atoms with Crippen LogP contribution in [0.3, 0.4) is 0 Å². The van der Waals surface area contributed by atoms with Crippen LogP contribution >= 0.6 is 11.6 Å². The first-order chi connectivity index (χ1) is 6.80. The Labute approximate surface area is 92.2 Å². The number of halogens is 1. The van der Waals surface area contributed by atoms with Crippen LogP contribution in [0.4, 0.5) is 0 Å². The van der Waals surface area contributed by atoms with E-state index in [0.717, 1.165) is 6.26 Å². The maximum Gasteiger partial charge on any atom is 0.221 e. The Hall–Kier alpha value is -1.14. The Kier molecular flexibility index (Phi) is 3.31. The van der Waals surface area contributed by atoms with Gasteiger partial charge in [0.1, 0.15) is 10.0 Å². The molecule has 2 N–H and O–H groups in total. The lowest BCUT2D eigenvalue weighted by Crippen LogP contribution is -2.14. The minimum Gasteiger partial charge on any atom is -0.369 e. The predicted octanol–water partition coefficient (Wildman–Crippen LogP) is 0.166. The summed E-state index contributed by atoms with van der Waals surface area (Å²) in [6.45, 7) is 0. The van der Waals surface area contributed by atoms with E-state index in [-0.39, 0.29) is 16.5 Å². The van der Waals surface area contributed by atoms with Crippen LogP contribution in [0.1, 0.15) is 5.56 Å². The van der Waals surface area contributed by atoms with Crippen LogP contribution in [0.5, 0.6) is 0 Å². The van der Waals surface area contributed by atoms with Crippen LogP contribution in [0.25, 0.3) is 0 Å². The molecule has 0 unspecified atom stereocenters. The standard InChI is InChI=1S/C8H9ClN2O3S/c1-15(13,14)6-2-5(3-7(10)12)4-11-8(6)9/h2,4H,3H2,1H3,(H2,10,12). The molecule has 1 heterocycles. The van der Waals surface area contributed by atoms with Crippen molar-refractivity contribution in [2.45, 2.75) is 11.3 Å². The van der Waals surface area contributed by atoms with E-state index in [9.17, 15) is 13.2 Å². The van der Waals surface area contributed by atoms with Gasteiger partial charge in [0, 0.05) is 12.5 Å². The summed E-state index contributed by atoms with van der Waals surface area (Å²) in [4.78, 5) is 14.2. The van der Waals surface area contributed by atoms with Crippen molar-refractivity contribution in [2.24, 2.45) is 5.73 Å². The highest BCUT2D eigenvalue weighted by molar-refractivity contribution is 7.90. The van der Waals surface area contributed by atoms with Crippen molar-refractivity contribution in [1.29, 1.82) is 0 Å². The molecule has 1 rings (SSSR count). The van der Waals surface area contributed by atoms with Crippen LogP contribution < -0.4 is 5.73 Å². The van der Waals surface area contributed by atoms with Crippen LogP contribution in [0.2, 0.25) is 5.15 Å². The van der Waals surface area contributed by atoms with E-state index >= 15 is 0 Å². The average molecular weight is 249 g/mol. The smallest absolute Gasteiger partial charge is 0.221 e. The summed E-state index contributed by atoms with van der Waals surface area (Å²) in [5, 5.41) is -0.106. The summed E-state index contributed by atoms with van der Waals surface area (Å²) in [5.74, 6) is -0.557. The zero-order chi connectivity index (χ0) is 11.6. The number of pyridine rings is 1. The number of carbonyl (C=O) groups excluding carboxylic acids is 1. The van der Waals surface area contributed by atoms with Crippen molar-refractivity contribution in [3.8, 4) is 0 Å². The first-order valence-corrected chi connectivity index (χ1v) is 6.20. The third-order valence-electron chi connectivity index (χ3n) is 1.64. The second kappa shape index (κ2) is 4.16. The molecule has 0 aromatic carbocycles. The van der Waals surface area contributed by atoms with Gasteiger partial charge < -0.3 is 5.73 Å². The monoisotopic (exact) mass is 248 g/mol. The van der Waals surface area contributed by atoms with E-state index in [1.54, 1.807) is 0 Å². The number of carbonyl (C=O) groups is 1. The first-order valence-electron chi connectivity index (χ1n) is 3.93. The molecule has 15 heavy (non-hydrogen) atoms. The quantitative estimate of drug-likeness (QED) is 0.772. The molecule has 0 saturated carbocycles. The molecule has 0 aliphatic rings. The van der Waals surface area contributed by atoms with Gasteiger partial charge in [-0.15, -0.1) is 0 Å². The number of nitrogens with zero attached hydrogens (tertiary/aromatic N) is 1. The van der Waals surface area contributed by atoms with Crippen LogP contribution in [-0.4, -0.2) is 25.6 Å². The SMILES string of the molecule is CS(=O)(=O)c1cc(CC(N)=O)cnc1Cl. The number of hydrogen-bond donors (Lipinski definition) is 1. The topological polar surface area (TPSA) is 90.1 Å². The van der Waals surface area contributed by atoms with Gasteiger partial charge in [-0.3, -0.25) is 4.79 Å². The molecule has 1 aromatic heterocycles. The number of aromatic nitrogens is 1. The maximum absolute atomic E-state index is 11.3. The molecule has 0 spiro atoms. The second-order valence-electron chi connectivity index (χ2n) is 3.05. The summed E-state index contributed by atoms with van der Waals surface area (Å²) in [7, 11) is -3.44. The van der Waals surface area contributed by atoms with Crippen LogP contribution in [0, 0.1) is 0 Å². The van der Waals surface area contributed by atoms with E-state index in [1.807, 2.05) is 0 Å². The molecule has 0 atom stereocenters. The fourth-order valence-corrected chi connectivity index (χ4v) is 2.27. The van der Waals surface area contributed by atoms with Gasteiger partial charge in [-0.25, -0.2) is 13.4 Å². The molecule has 0 saturated heterocycles. The first kappa shape index (κ1) is 11.9. The van der Waals surface area contributed by atoms with E-state index in [0.29, 0.717) is 5.56 Å². The van der Waals surface area contributed by atoms with Crippen molar-refractivity contribution in [3.63, 3.8) is 0 Å². The highest BCUT2D eigenvalue weighted by Gasteiger charge is 2.14. The van der Waals surface area contributed by atoms with Gasteiger partial charge in [-0.1, -0.05) is 11.6 Å². The molecule has 0 aliphatic heterocycles. The minimum atomic E-state index is -3.44. The van der Waals surface area contributed by atoms with Crippen molar-refractivity contribution in [3.05, 3.63) is 23.0 Å². The Balaban J connectivity index is 3.23. The molecular weight excluding hydrogens is 240 g/mol. The average Bonchev–Trinajstić information content (AvgIpc) is 2.05. The molecule has 7 heteroatoms. The van der Waals surface area contributed by atoms with Crippen molar-refractivity contribution < 1.29 is 13.2 Å². The molecule has 82 valence electrons. The Morgan fingerprint density at radius 3 is 2.67 bits per heavy atom. The number of sulfone groups is 1. The summed E-state index contributed by atoms with van der Waals surface area (Å²) >= 11 is 5.61. The molecule has 0 bridgehead atoms. The lowest BCUT2D eigenvalue weighted by atomic mass is 10.2. The van der Waals surface area contributed by atoms with Gasteiger partial charge in [0.25, 0.3) is 0 Å². The Bertz CT molecular complexity index is 499. The fourth-order valence-electron chi connectivity index (χ4n) is 1.03. The third-order valence-corrected chi connectivity index (χ3v) is 3.16. The van der Waals surface area contributed by atoms with Gasteiger partial charge in [0.2, 0.25) is 5.91 Å². The number of hydrogen-bond acceptors (Lipinski definition) is 4. The molecule has 1 aromatic rings. The second-order valence-corrected chi connectivity index (χ2v) is 5.39. The zero-order valence-corrected chi connectivity index (χ0v) is 9.47. The number of amides is 1. The highest BCUT2D eigenvalue weighted by Crippen LogP contribution is 2.19. The Morgan fingerprint density at radius 1 is 1.60 bits per heavy atom. The number of primary amides is 1. The van der Waals surface area contributed by atoms with Crippen molar-refractivity contribution in [1.82, 2.24) is 4.98 Å². The summed E-state index contributed by atoms with van der Waals surface area (Å²) in [5.41, 5.74) is 5.40. The van der Waals surface area contributed by atoms with Gasteiger partial charge in [-0.2, -0.15) is 0 Å². The highest BCUT2D eigenvalue weighted by atomic mass is 35.5. The Morgan fingerprint density at radius 2 is 2.20 bits per heavy atom. The largest absolute Gasteiger partial charge is 0.369 e. The van der Waals surface area contributed by atoms with E-state index in [4.69, 9.17) is 17.3 Å². The molecule has 0 aliphatic carbocycles. The van der Waals surface area contributed by atoms with Gasteiger partial charge in [0.05, 0.1) is 6.42 Å². The fraction of sp³-hybridized carbons (Fsp3) is 0.250. The van der Waals surface area contributed by atoms with Gasteiger partial charge in [0.15, 0.2) is 9.84 Å². The normalized spacial score (nSPS) is 11.3. The van der Waals surface area contributed by atoms with Crippen LogP contribution in [0.15, 0.2) is 17.2 Å². The third kappa shape index (κ3) is 3.17. The molecule has 1 amide bonds. The molecule has 0 radical (unpaired) electrons. The lowest BCUT2D eigenvalue weighted by molar-refractivity contribution is -0.117. The van der Waals surface area contributed by atoms with Gasteiger partial charge >= 0.3 is 0 Å². The van der Waals surface area contributed by atoms with Crippen molar-refractivity contribution >= 4 is 27.3 Å². The lowest BCUT2D eigenvalue weighted by Gasteiger charge is -2.03. The van der Waals surface area contributed by atoms with Crippen LogP contribution in [-0.2, 0) is 21.1 Å². The summed E-state index contributed by atoms with van der Waals surface area (Å²) in [6.07, 6.45) is 2.28.